The van der Waals surface area contributed by atoms with Crippen molar-refractivity contribution >= 4 is 32.7 Å². The van der Waals surface area contributed by atoms with Gasteiger partial charge in [-0.25, -0.2) is 22.9 Å². The molecule has 1 saturated heterocycles. The number of esters is 1. The molecule has 1 amide bonds. The van der Waals surface area contributed by atoms with Gasteiger partial charge in [-0.1, -0.05) is 0 Å². The summed E-state index contributed by atoms with van der Waals surface area (Å²) in [6.07, 6.45) is 1.37. The highest BCUT2D eigenvalue weighted by atomic mass is 32.2. The van der Waals surface area contributed by atoms with Crippen LogP contribution in [0.2, 0.25) is 0 Å². The average Bonchev–Trinajstić information content (AvgIpc) is 3.34. The van der Waals surface area contributed by atoms with Crippen LogP contribution >= 0.6 is 0 Å². The van der Waals surface area contributed by atoms with Crippen LogP contribution in [0.4, 0.5) is 0 Å². The van der Waals surface area contributed by atoms with Crippen molar-refractivity contribution in [1.29, 1.82) is 0 Å². The lowest BCUT2D eigenvalue weighted by atomic mass is 10.1. The first-order valence-corrected chi connectivity index (χ1v) is 11.1. The highest BCUT2D eigenvalue weighted by Gasteiger charge is 2.34. The third kappa shape index (κ3) is 3.36. The van der Waals surface area contributed by atoms with Crippen molar-refractivity contribution in [2.75, 3.05) is 11.5 Å². The predicted octanol–water partition coefficient (Wildman–Crippen LogP) is 1.01. The third-order valence-corrected chi connectivity index (χ3v) is 7.06. The molecular weight excluding hydrogens is 384 g/mol. The summed E-state index contributed by atoms with van der Waals surface area (Å²) in [5.74, 6) is -1.00. The SMILES string of the molecule is Cc1nn([C@H]2CCS(=O)(=O)C2)c2nc(C3CC3)cc(C(=O)O[C@@H](C)C(N)=O)c12. The summed E-state index contributed by atoms with van der Waals surface area (Å²) >= 11 is 0. The van der Waals surface area contributed by atoms with Crippen molar-refractivity contribution in [3.8, 4) is 0 Å². The number of hydrogen-bond acceptors (Lipinski definition) is 7. The molecule has 3 heterocycles. The fourth-order valence-electron chi connectivity index (χ4n) is 3.59. The minimum Gasteiger partial charge on any atom is -0.449 e. The minimum atomic E-state index is -3.10. The first-order chi connectivity index (χ1) is 13.2. The Morgan fingerprint density at radius 3 is 2.61 bits per heavy atom. The van der Waals surface area contributed by atoms with Crippen molar-refractivity contribution in [3.05, 3.63) is 23.0 Å². The van der Waals surface area contributed by atoms with Gasteiger partial charge >= 0.3 is 5.97 Å². The van der Waals surface area contributed by atoms with E-state index in [0.29, 0.717) is 23.1 Å². The monoisotopic (exact) mass is 406 g/mol. The number of hydrogen-bond donors (Lipinski definition) is 1. The minimum absolute atomic E-state index is 0.0110. The smallest absolute Gasteiger partial charge is 0.339 e. The molecule has 1 aliphatic carbocycles. The Bertz CT molecular complexity index is 1090. The van der Waals surface area contributed by atoms with Gasteiger partial charge in [-0.3, -0.25) is 4.79 Å². The number of ether oxygens (including phenoxy) is 1. The number of pyridine rings is 1. The molecule has 2 aromatic rings. The molecule has 0 aromatic carbocycles. The number of primary amides is 1. The van der Waals surface area contributed by atoms with Crippen LogP contribution in [0.15, 0.2) is 6.07 Å². The molecule has 0 spiro atoms. The van der Waals surface area contributed by atoms with E-state index in [1.165, 1.54) is 6.92 Å². The molecule has 28 heavy (non-hydrogen) atoms. The Labute approximate surface area is 162 Å². The number of carbonyl (C=O) groups excluding carboxylic acids is 2. The fourth-order valence-corrected chi connectivity index (χ4v) is 5.28. The van der Waals surface area contributed by atoms with Crippen LogP contribution in [-0.4, -0.2) is 52.7 Å². The van der Waals surface area contributed by atoms with Gasteiger partial charge in [0.15, 0.2) is 21.6 Å². The van der Waals surface area contributed by atoms with E-state index in [9.17, 15) is 18.0 Å². The summed E-state index contributed by atoms with van der Waals surface area (Å²) in [5, 5.41) is 5.03. The van der Waals surface area contributed by atoms with Gasteiger partial charge in [0.2, 0.25) is 0 Å². The number of rotatable bonds is 5. The van der Waals surface area contributed by atoms with E-state index in [1.54, 1.807) is 17.7 Å². The molecule has 0 bridgehead atoms. The second kappa shape index (κ2) is 6.54. The lowest BCUT2D eigenvalue weighted by Crippen LogP contribution is -2.30. The van der Waals surface area contributed by atoms with Crippen LogP contribution < -0.4 is 5.73 Å². The maximum atomic E-state index is 12.8. The van der Waals surface area contributed by atoms with Gasteiger partial charge < -0.3 is 10.5 Å². The van der Waals surface area contributed by atoms with Crippen LogP contribution in [0.5, 0.6) is 0 Å². The Morgan fingerprint density at radius 2 is 2.04 bits per heavy atom. The van der Waals surface area contributed by atoms with Gasteiger partial charge in [0.05, 0.1) is 34.2 Å². The highest BCUT2D eigenvalue weighted by Crippen LogP contribution is 2.41. The van der Waals surface area contributed by atoms with Crippen molar-refractivity contribution in [2.24, 2.45) is 5.73 Å². The van der Waals surface area contributed by atoms with Gasteiger partial charge in [0.1, 0.15) is 0 Å². The number of aromatic nitrogens is 3. The van der Waals surface area contributed by atoms with Gasteiger partial charge in [-0.2, -0.15) is 5.10 Å². The third-order valence-electron chi connectivity index (χ3n) is 5.31. The molecule has 10 heteroatoms. The lowest BCUT2D eigenvalue weighted by Gasteiger charge is -2.13. The van der Waals surface area contributed by atoms with Crippen molar-refractivity contribution in [2.45, 2.75) is 51.2 Å². The zero-order chi connectivity index (χ0) is 20.2. The zero-order valence-electron chi connectivity index (χ0n) is 15.7. The Kier molecular flexibility index (Phi) is 4.40. The molecule has 2 atom stereocenters. The molecule has 1 saturated carbocycles. The van der Waals surface area contributed by atoms with Crippen LogP contribution in [0, 0.1) is 6.92 Å². The van der Waals surface area contributed by atoms with Gasteiger partial charge in [0.25, 0.3) is 5.91 Å². The van der Waals surface area contributed by atoms with Crippen LogP contribution in [-0.2, 0) is 19.4 Å². The van der Waals surface area contributed by atoms with Gasteiger partial charge in [0, 0.05) is 11.6 Å². The Balaban J connectivity index is 1.83. The number of nitrogens with two attached hydrogens (primary N) is 1. The molecule has 150 valence electrons. The van der Waals surface area contributed by atoms with Crippen molar-refractivity contribution in [3.63, 3.8) is 0 Å². The zero-order valence-corrected chi connectivity index (χ0v) is 16.5. The Morgan fingerprint density at radius 1 is 1.32 bits per heavy atom. The molecule has 0 unspecified atom stereocenters. The summed E-state index contributed by atoms with van der Waals surface area (Å²) in [5.41, 5.74) is 7.29. The summed E-state index contributed by atoms with van der Waals surface area (Å²) in [6, 6.07) is 1.39. The van der Waals surface area contributed by atoms with Gasteiger partial charge in [-0.15, -0.1) is 0 Å². The van der Waals surface area contributed by atoms with E-state index >= 15 is 0 Å². The molecule has 2 fully saturated rings. The molecular formula is C18H22N4O5S. The second-order valence-corrected chi connectivity index (χ2v) is 9.83. The number of carbonyl (C=O) groups is 2. The molecule has 4 rings (SSSR count). The van der Waals surface area contributed by atoms with E-state index in [-0.39, 0.29) is 29.0 Å². The van der Waals surface area contributed by atoms with E-state index in [0.717, 1.165) is 18.5 Å². The number of sulfone groups is 1. The maximum absolute atomic E-state index is 12.8. The fraction of sp³-hybridized carbons (Fsp3) is 0.556. The van der Waals surface area contributed by atoms with Crippen LogP contribution in [0.25, 0.3) is 11.0 Å². The van der Waals surface area contributed by atoms with E-state index in [1.807, 2.05) is 0 Å². The van der Waals surface area contributed by atoms with Gasteiger partial charge in [-0.05, 0) is 39.2 Å². The first kappa shape index (κ1) is 18.9. The molecule has 0 radical (unpaired) electrons. The Hall–Kier alpha value is -2.49. The summed E-state index contributed by atoms with van der Waals surface area (Å²) in [4.78, 5) is 28.8. The normalized spacial score (nSPS) is 22.3. The number of fused-ring (bicyclic) bond motifs is 1. The summed E-state index contributed by atoms with van der Waals surface area (Å²) in [6.45, 7) is 3.16. The van der Waals surface area contributed by atoms with Crippen LogP contribution in [0.1, 0.15) is 59.9 Å². The number of amides is 1. The molecule has 2 aromatic heterocycles. The largest absolute Gasteiger partial charge is 0.449 e. The molecule has 2 N–H and O–H groups in total. The van der Waals surface area contributed by atoms with E-state index in [4.69, 9.17) is 15.5 Å². The maximum Gasteiger partial charge on any atom is 0.339 e. The lowest BCUT2D eigenvalue weighted by molar-refractivity contribution is -0.125. The topological polar surface area (TPSA) is 134 Å². The van der Waals surface area contributed by atoms with Crippen molar-refractivity contribution in [1.82, 2.24) is 14.8 Å². The molecule has 2 aliphatic rings. The standard InChI is InChI=1S/C18H22N4O5S/c1-9-15-13(18(24)27-10(2)16(19)23)7-14(11-3-4-11)20-17(15)22(21-9)12-5-6-28(25,26)8-12/h7,10-12H,3-6,8H2,1-2H3,(H2,19,23)/t10-,12-/m0/s1. The quantitative estimate of drug-likeness (QED) is 0.732. The highest BCUT2D eigenvalue weighted by molar-refractivity contribution is 7.91. The van der Waals surface area contributed by atoms with Crippen LogP contribution in [0.3, 0.4) is 0 Å². The summed E-state index contributed by atoms with van der Waals surface area (Å²) in [7, 11) is -3.10. The predicted molar refractivity (Wildman–Crippen MR) is 101 cm³/mol. The molecule has 9 nitrogen and oxygen atoms in total. The number of nitrogens with zero attached hydrogens (tertiary/aromatic N) is 3. The van der Waals surface area contributed by atoms with Crippen molar-refractivity contribution < 1.29 is 22.7 Å². The average molecular weight is 406 g/mol. The second-order valence-electron chi connectivity index (χ2n) is 7.60. The van der Waals surface area contributed by atoms with E-state index in [2.05, 4.69) is 5.10 Å². The summed E-state index contributed by atoms with van der Waals surface area (Å²) < 4.78 is 30.7. The molecule has 1 aliphatic heterocycles. The number of aryl methyl sites for hydroxylation is 1. The van der Waals surface area contributed by atoms with E-state index < -0.39 is 27.8 Å². The first-order valence-electron chi connectivity index (χ1n) is 9.27.